The summed E-state index contributed by atoms with van der Waals surface area (Å²) in [7, 11) is -3.51. The molecule has 1 aliphatic heterocycles. The van der Waals surface area contributed by atoms with Crippen LogP contribution >= 0.6 is 0 Å². The first-order valence-corrected chi connectivity index (χ1v) is 8.22. The molecule has 0 spiro atoms. The lowest BCUT2D eigenvalue weighted by Gasteiger charge is -2.11. The van der Waals surface area contributed by atoms with Crippen LogP contribution in [0, 0.1) is 0 Å². The van der Waals surface area contributed by atoms with E-state index >= 15 is 0 Å². The van der Waals surface area contributed by atoms with E-state index in [9.17, 15) is 8.42 Å². The van der Waals surface area contributed by atoms with Crippen LogP contribution in [0.15, 0.2) is 23.1 Å². The van der Waals surface area contributed by atoms with Gasteiger partial charge >= 0.3 is 0 Å². The molecule has 112 valence electrons. The van der Waals surface area contributed by atoms with Gasteiger partial charge in [0.15, 0.2) is 11.5 Å². The second-order valence-electron chi connectivity index (χ2n) is 4.41. The van der Waals surface area contributed by atoms with Crippen LogP contribution < -0.4 is 19.5 Å². The Morgan fingerprint density at radius 2 is 1.90 bits per heavy atom. The molecule has 0 saturated heterocycles. The minimum absolute atomic E-state index is 0.193. The molecular formula is C13H20N2O4S. The normalized spacial score (nSPS) is 14.8. The van der Waals surface area contributed by atoms with E-state index in [1.165, 1.54) is 12.1 Å². The highest BCUT2D eigenvalue weighted by atomic mass is 32.2. The molecule has 1 aliphatic rings. The van der Waals surface area contributed by atoms with Crippen molar-refractivity contribution in [1.29, 1.82) is 0 Å². The van der Waals surface area contributed by atoms with E-state index in [-0.39, 0.29) is 4.90 Å². The van der Waals surface area contributed by atoms with Gasteiger partial charge in [-0.25, -0.2) is 13.1 Å². The summed E-state index contributed by atoms with van der Waals surface area (Å²) < 4.78 is 37.8. The molecule has 2 rings (SSSR count). The van der Waals surface area contributed by atoms with Crippen LogP contribution in [-0.2, 0) is 10.0 Å². The zero-order chi connectivity index (χ0) is 14.4. The van der Waals surface area contributed by atoms with E-state index in [1.807, 2.05) is 6.92 Å². The van der Waals surface area contributed by atoms with Crippen molar-refractivity contribution >= 4 is 10.0 Å². The maximum atomic E-state index is 12.1. The summed E-state index contributed by atoms with van der Waals surface area (Å²) >= 11 is 0. The maximum Gasteiger partial charge on any atom is 0.240 e. The Labute approximate surface area is 119 Å². The molecule has 0 unspecified atom stereocenters. The summed E-state index contributed by atoms with van der Waals surface area (Å²) in [5.41, 5.74) is 0. The minimum atomic E-state index is -3.51. The van der Waals surface area contributed by atoms with Gasteiger partial charge in [0.2, 0.25) is 10.0 Å². The van der Waals surface area contributed by atoms with Crippen LogP contribution in [0.4, 0.5) is 0 Å². The van der Waals surface area contributed by atoms with E-state index in [2.05, 4.69) is 10.0 Å². The Kier molecular flexibility index (Phi) is 5.22. The van der Waals surface area contributed by atoms with Crippen molar-refractivity contribution in [1.82, 2.24) is 10.0 Å². The number of nitrogens with one attached hydrogen (secondary N) is 2. The Morgan fingerprint density at radius 1 is 1.15 bits per heavy atom. The van der Waals surface area contributed by atoms with Crippen molar-refractivity contribution in [2.45, 2.75) is 18.2 Å². The molecule has 0 radical (unpaired) electrons. The van der Waals surface area contributed by atoms with E-state index in [4.69, 9.17) is 9.47 Å². The zero-order valence-corrected chi connectivity index (χ0v) is 12.3. The summed E-state index contributed by atoms with van der Waals surface area (Å²) in [6.07, 6.45) is 0.789. The summed E-state index contributed by atoms with van der Waals surface area (Å²) in [5, 5.41) is 3.06. The van der Waals surface area contributed by atoms with Gasteiger partial charge in [0.05, 0.1) is 18.1 Å². The van der Waals surface area contributed by atoms with Gasteiger partial charge in [0.25, 0.3) is 0 Å². The van der Waals surface area contributed by atoms with Gasteiger partial charge in [-0.2, -0.15) is 0 Å². The van der Waals surface area contributed by atoms with Gasteiger partial charge in [-0.1, -0.05) is 6.92 Å². The fourth-order valence-electron chi connectivity index (χ4n) is 1.84. The summed E-state index contributed by atoms with van der Waals surface area (Å²) in [5.74, 6) is 1.08. The number of sulfonamides is 1. The molecule has 0 atom stereocenters. The number of fused-ring (bicyclic) bond motifs is 1. The standard InChI is InChI=1S/C13H20N2O4S/c1-2-14-6-7-15-20(16,17)11-4-5-12-13(10-11)19-9-3-8-18-12/h4-5,10,14-15H,2-3,6-9H2,1H3. The SMILES string of the molecule is CCNCCNS(=O)(=O)c1ccc2c(c1)OCCCO2. The van der Waals surface area contributed by atoms with Crippen molar-refractivity contribution in [2.24, 2.45) is 0 Å². The highest BCUT2D eigenvalue weighted by Gasteiger charge is 2.18. The summed E-state index contributed by atoms with van der Waals surface area (Å²) in [6.45, 7) is 4.85. The lowest BCUT2D eigenvalue weighted by Crippen LogP contribution is -2.31. The number of hydrogen-bond donors (Lipinski definition) is 2. The molecule has 0 amide bonds. The largest absolute Gasteiger partial charge is 0.490 e. The summed E-state index contributed by atoms with van der Waals surface area (Å²) in [6, 6.07) is 4.68. The van der Waals surface area contributed by atoms with Crippen LogP contribution in [0.25, 0.3) is 0 Å². The van der Waals surface area contributed by atoms with Crippen molar-refractivity contribution in [3.05, 3.63) is 18.2 Å². The number of likely N-dealkylation sites (N-methyl/N-ethyl adjacent to an activating group) is 1. The van der Waals surface area contributed by atoms with Crippen molar-refractivity contribution < 1.29 is 17.9 Å². The predicted molar refractivity (Wildman–Crippen MR) is 75.8 cm³/mol. The molecule has 1 aromatic rings. The monoisotopic (exact) mass is 300 g/mol. The van der Waals surface area contributed by atoms with E-state index < -0.39 is 10.0 Å². The van der Waals surface area contributed by atoms with E-state index in [0.717, 1.165) is 13.0 Å². The minimum Gasteiger partial charge on any atom is -0.490 e. The zero-order valence-electron chi connectivity index (χ0n) is 11.5. The number of rotatable bonds is 6. The third-order valence-electron chi connectivity index (χ3n) is 2.87. The molecule has 0 saturated carbocycles. The Hall–Kier alpha value is -1.31. The molecule has 0 fully saturated rings. The highest BCUT2D eigenvalue weighted by Crippen LogP contribution is 2.31. The van der Waals surface area contributed by atoms with Gasteiger partial charge in [0, 0.05) is 25.6 Å². The first kappa shape index (κ1) is 15.1. The quantitative estimate of drug-likeness (QED) is 0.758. The molecule has 6 nitrogen and oxygen atoms in total. The van der Waals surface area contributed by atoms with E-state index in [0.29, 0.717) is 37.8 Å². The first-order chi connectivity index (χ1) is 9.63. The molecule has 1 aromatic carbocycles. The molecule has 20 heavy (non-hydrogen) atoms. The molecule has 2 N–H and O–H groups in total. The second kappa shape index (κ2) is 6.92. The van der Waals surface area contributed by atoms with Gasteiger partial charge in [-0.3, -0.25) is 0 Å². The van der Waals surface area contributed by atoms with Crippen LogP contribution in [0.1, 0.15) is 13.3 Å². The Bertz CT molecular complexity index is 545. The molecule has 0 bridgehead atoms. The van der Waals surface area contributed by atoms with Crippen molar-refractivity contribution in [3.8, 4) is 11.5 Å². The Balaban J connectivity index is 2.09. The van der Waals surface area contributed by atoms with E-state index in [1.54, 1.807) is 6.07 Å². The Morgan fingerprint density at radius 3 is 2.65 bits per heavy atom. The van der Waals surface area contributed by atoms with Crippen LogP contribution in [0.5, 0.6) is 11.5 Å². The first-order valence-electron chi connectivity index (χ1n) is 6.73. The number of ether oxygens (including phenoxy) is 2. The topological polar surface area (TPSA) is 76.7 Å². The maximum absolute atomic E-state index is 12.1. The fraction of sp³-hybridized carbons (Fsp3) is 0.538. The number of hydrogen-bond acceptors (Lipinski definition) is 5. The van der Waals surface area contributed by atoms with Crippen LogP contribution in [0.2, 0.25) is 0 Å². The predicted octanol–water partition coefficient (Wildman–Crippen LogP) is 0.736. The fourth-order valence-corrected chi connectivity index (χ4v) is 2.89. The lowest BCUT2D eigenvalue weighted by atomic mass is 10.3. The lowest BCUT2D eigenvalue weighted by molar-refractivity contribution is 0.297. The second-order valence-corrected chi connectivity index (χ2v) is 6.18. The number of benzene rings is 1. The van der Waals surface area contributed by atoms with Crippen LogP contribution in [0.3, 0.4) is 0 Å². The average molecular weight is 300 g/mol. The van der Waals surface area contributed by atoms with Crippen LogP contribution in [-0.4, -0.2) is 41.3 Å². The molecule has 7 heteroatoms. The molecule has 1 heterocycles. The van der Waals surface area contributed by atoms with Gasteiger partial charge in [-0.05, 0) is 18.7 Å². The van der Waals surface area contributed by atoms with Crippen molar-refractivity contribution in [3.63, 3.8) is 0 Å². The third kappa shape index (κ3) is 3.84. The molecular weight excluding hydrogens is 280 g/mol. The van der Waals surface area contributed by atoms with Gasteiger partial charge < -0.3 is 14.8 Å². The van der Waals surface area contributed by atoms with Crippen molar-refractivity contribution in [2.75, 3.05) is 32.8 Å². The molecule has 0 aromatic heterocycles. The average Bonchev–Trinajstić information content (AvgIpc) is 2.68. The smallest absolute Gasteiger partial charge is 0.240 e. The van der Waals surface area contributed by atoms with Gasteiger partial charge in [-0.15, -0.1) is 0 Å². The highest BCUT2D eigenvalue weighted by molar-refractivity contribution is 7.89. The third-order valence-corrected chi connectivity index (χ3v) is 4.33. The van der Waals surface area contributed by atoms with Gasteiger partial charge in [0.1, 0.15) is 0 Å². The molecule has 0 aliphatic carbocycles. The summed E-state index contributed by atoms with van der Waals surface area (Å²) in [4.78, 5) is 0.193.